The zero-order valence-corrected chi connectivity index (χ0v) is 11.6. The maximum atomic E-state index is 12.0. The minimum absolute atomic E-state index is 0.0658. The molecule has 1 rings (SSSR count). The molecule has 0 aromatic carbocycles. The summed E-state index contributed by atoms with van der Waals surface area (Å²) < 4.78 is 0. The van der Waals surface area contributed by atoms with Gasteiger partial charge in [0, 0.05) is 13.1 Å². The highest BCUT2D eigenvalue weighted by Gasteiger charge is 2.32. The van der Waals surface area contributed by atoms with Crippen LogP contribution in [0.15, 0.2) is 0 Å². The molecule has 0 spiro atoms. The maximum absolute atomic E-state index is 12.0. The van der Waals surface area contributed by atoms with E-state index in [0.717, 1.165) is 6.42 Å². The molecular formula is C13H24N2O3. The Hall–Kier alpha value is -1.26. The van der Waals surface area contributed by atoms with Crippen molar-refractivity contribution in [2.45, 2.75) is 40.2 Å². The van der Waals surface area contributed by atoms with Crippen LogP contribution >= 0.6 is 0 Å². The number of carboxylic acid groups (broad SMARTS) is 1. The average molecular weight is 256 g/mol. The fourth-order valence-electron chi connectivity index (χ4n) is 2.20. The van der Waals surface area contributed by atoms with Crippen LogP contribution in [0, 0.1) is 17.8 Å². The van der Waals surface area contributed by atoms with Crippen LogP contribution in [0.3, 0.4) is 0 Å². The van der Waals surface area contributed by atoms with E-state index >= 15 is 0 Å². The van der Waals surface area contributed by atoms with Crippen molar-refractivity contribution in [3.8, 4) is 0 Å². The molecular weight excluding hydrogens is 232 g/mol. The lowest BCUT2D eigenvalue weighted by Crippen LogP contribution is -2.50. The van der Waals surface area contributed by atoms with Crippen molar-refractivity contribution in [2.75, 3.05) is 13.1 Å². The Morgan fingerprint density at radius 3 is 2.22 bits per heavy atom. The van der Waals surface area contributed by atoms with Gasteiger partial charge in [-0.05, 0) is 17.8 Å². The lowest BCUT2D eigenvalue weighted by atomic mass is 9.99. The number of hydrogen-bond donors (Lipinski definition) is 2. The van der Waals surface area contributed by atoms with Crippen molar-refractivity contribution in [1.82, 2.24) is 10.2 Å². The van der Waals surface area contributed by atoms with Gasteiger partial charge >= 0.3 is 12.0 Å². The molecule has 5 heteroatoms. The molecule has 18 heavy (non-hydrogen) atoms. The van der Waals surface area contributed by atoms with E-state index < -0.39 is 12.0 Å². The lowest BCUT2D eigenvalue weighted by molar-refractivity contribution is -0.140. The summed E-state index contributed by atoms with van der Waals surface area (Å²) in [5.41, 5.74) is 0. The molecule has 1 saturated heterocycles. The number of carbonyl (C=O) groups is 2. The average Bonchev–Trinajstić information content (AvgIpc) is 2.65. The first-order valence-corrected chi connectivity index (χ1v) is 6.65. The number of amides is 2. The van der Waals surface area contributed by atoms with Crippen LogP contribution in [0.2, 0.25) is 0 Å². The number of nitrogens with zero attached hydrogens (tertiary/aromatic N) is 1. The van der Waals surface area contributed by atoms with Crippen LogP contribution in [0.25, 0.3) is 0 Å². The first-order valence-electron chi connectivity index (χ1n) is 6.65. The van der Waals surface area contributed by atoms with Crippen molar-refractivity contribution < 1.29 is 14.7 Å². The van der Waals surface area contributed by atoms with Crippen molar-refractivity contribution in [1.29, 1.82) is 0 Å². The Balaban J connectivity index is 2.60. The van der Waals surface area contributed by atoms with Gasteiger partial charge in [0.15, 0.2) is 0 Å². The smallest absolute Gasteiger partial charge is 0.326 e. The quantitative estimate of drug-likeness (QED) is 0.805. The van der Waals surface area contributed by atoms with Crippen molar-refractivity contribution in [2.24, 2.45) is 17.8 Å². The molecule has 2 N–H and O–H groups in total. The van der Waals surface area contributed by atoms with E-state index in [4.69, 9.17) is 5.11 Å². The second-order valence-corrected chi connectivity index (χ2v) is 5.51. The molecule has 0 bridgehead atoms. The lowest BCUT2D eigenvalue weighted by Gasteiger charge is -2.24. The highest BCUT2D eigenvalue weighted by molar-refractivity contribution is 5.83. The standard InChI is InChI=1S/C13H24N2O3/c1-5-8(2)11(12(16)17)14-13(18)15-6-9(3)10(4)7-15/h8-11H,5-7H2,1-4H3,(H,14,18)(H,16,17)/t8?,9?,10?,11-/m0/s1. The van der Waals surface area contributed by atoms with Gasteiger partial charge in [0.1, 0.15) is 6.04 Å². The van der Waals surface area contributed by atoms with Gasteiger partial charge < -0.3 is 15.3 Å². The van der Waals surface area contributed by atoms with Gasteiger partial charge in [0.2, 0.25) is 0 Å². The zero-order chi connectivity index (χ0) is 13.9. The summed E-state index contributed by atoms with van der Waals surface area (Å²) in [5.74, 6) is -0.0767. The predicted octanol–water partition coefficient (Wildman–Crippen LogP) is 1.78. The molecule has 0 aromatic heterocycles. The van der Waals surface area contributed by atoms with E-state index in [1.54, 1.807) is 4.90 Å². The topological polar surface area (TPSA) is 69.6 Å². The largest absolute Gasteiger partial charge is 0.480 e. The number of aliphatic carboxylic acids is 1. The van der Waals surface area contributed by atoms with E-state index in [2.05, 4.69) is 19.2 Å². The number of carboxylic acids is 1. The Bertz CT molecular complexity index is 309. The van der Waals surface area contributed by atoms with Crippen LogP contribution in [0.5, 0.6) is 0 Å². The fraction of sp³-hybridized carbons (Fsp3) is 0.846. The highest BCUT2D eigenvalue weighted by atomic mass is 16.4. The number of nitrogens with one attached hydrogen (secondary N) is 1. The summed E-state index contributed by atoms with van der Waals surface area (Å²) in [7, 11) is 0. The van der Waals surface area contributed by atoms with E-state index in [1.165, 1.54) is 0 Å². The van der Waals surface area contributed by atoms with Crippen molar-refractivity contribution in [3.63, 3.8) is 0 Å². The monoisotopic (exact) mass is 256 g/mol. The van der Waals surface area contributed by atoms with E-state index in [-0.39, 0.29) is 11.9 Å². The molecule has 1 heterocycles. The van der Waals surface area contributed by atoms with Crippen molar-refractivity contribution in [3.05, 3.63) is 0 Å². The zero-order valence-electron chi connectivity index (χ0n) is 11.6. The first kappa shape index (κ1) is 14.8. The Morgan fingerprint density at radius 2 is 1.83 bits per heavy atom. The molecule has 0 aliphatic carbocycles. The molecule has 3 unspecified atom stereocenters. The van der Waals surface area contributed by atoms with Gasteiger partial charge in [-0.25, -0.2) is 9.59 Å². The van der Waals surface area contributed by atoms with Gasteiger partial charge in [-0.1, -0.05) is 34.1 Å². The summed E-state index contributed by atoms with van der Waals surface area (Å²) in [6, 6.07) is -1.05. The number of likely N-dealkylation sites (tertiary alicyclic amines) is 1. The van der Waals surface area contributed by atoms with Crippen LogP contribution in [-0.4, -0.2) is 41.1 Å². The second-order valence-electron chi connectivity index (χ2n) is 5.51. The number of rotatable bonds is 4. The van der Waals surface area contributed by atoms with Gasteiger partial charge in [0.25, 0.3) is 0 Å². The molecule has 104 valence electrons. The third kappa shape index (κ3) is 3.37. The third-order valence-electron chi connectivity index (χ3n) is 4.03. The third-order valence-corrected chi connectivity index (χ3v) is 4.03. The normalized spacial score (nSPS) is 26.8. The van der Waals surface area contributed by atoms with Crippen molar-refractivity contribution >= 4 is 12.0 Å². The molecule has 0 saturated carbocycles. The molecule has 1 aliphatic rings. The van der Waals surface area contributed by atoms with Gasteiger partial charge in [-0.15, -0.1) is 0 Å². The Labute approximate surface area is 109 Å². The summed E-state index contributed by atoms with van der Waals surface area (Å²) >= 11 is 0. The van der Waals surface area contributed by atoms with Crippen LogP contribution < -0.4 is 5.32 Å². The fourth-order valence-corrected chi connectivity index (χ4v) is 2.20. The van der Waals surface area contributed by atoms with Gasteiger partial charge in [0.05, 0.1) is 0 Å². The second kappa shape index (κ2) is 6.07. The first-order chi connectivity index (χ1) is 8.36. The summed E-state index contributed by atoms with van der Waals surface area (Å²) in [6.07, 6.45) is 0.726. The van der Waals surface area contributed by atoms with Crippen LogP contribution in [0.1, 0.15) is 34.1 Å². The predicted molar refractivity (Wildman–Crippen MR) is 69.3 cm³/mol. The molecule has 2 amide bonds. The van der Waals surface area contributed by atoms with Crippen LogP contribution in [-0.2, 0) is 4.79 Å². The minimum atomic E-state index is -0.960. The molecule has 0 aromatic rings. The minimum Gasteiger partial charge on any atom is -0.480 e. The number of carbonyl (C=O) groups excluding carboxylic acids is 1. The highest BCUT2D eigenvalue weighted by Crippen LogP contribution is 2.22. The SMILES string of the molecule is CCC(C)[C@H](NC(=O)N1CC(C)C(C)C1)C(=O)O. The molecule has 5 nitrogen and oxygen atoms in total. The Morgan fingerprint density at radius 1 is 1.33 bits per heavy atom. The van der Waals surface area contributed by atoms with Crippen LogP contribution in [0.4, 0.5) is 4.79 Å². The van der Waals surface area contributed by atoms with Gasteiger partial charge in [-0.2, -0.15) is 0 Å². The maximum Gasteiger partial charge on any atom is 0.326 e. The Kier molecular flexibility index (Phi) is 4.99. The number of hydrogen-bond acceptors (Lipinski definition) is 2. The molecule has 1 aliphatic heterocycles. The summed E-state index contributed by atoms with van der Waals surface area (Å²) in [5, 5.41) is 11.8. The molecule has 1 fully saturated rings. The van der Waals surface area contributed by atoms with Gasteiger partial charge in [-0.3, -0.25) is 0 Å². The number of urea groups is 1. The summed E-state index contributed by atoms with van der Waals surface area (Å²) in [4.78, 5) is 24.9. The summed E-state index contributed by atoms with van der Waals surface area (Å²) in [6.45, 7) is 9.41. The van der Waals surface area contributed by atoms with E-state index in [0.29, 0.717) is 24.9 Å². The molecule has 4 atom stereocenters. The van der Waals surface area contributed by atoms with E-state index in [1.807, 2.05) is 13.8 Å². The molecule has 0 radical (unpaired) electrons. The van der Waals surface area contributed by atoms with E-state index in [9.17, 15) is 9.59 Å².